The Morgan fingerprint density at radius 2 is 1.60 bits per heavy atom. The molecule has 3 aliphatic rings. The monoisotopic (exact) mass is 1040 g/mol. The van der Waals surface area contributed by atoms with Crippen molar-refractivity contribution in [3.8, 4) is 0 Å². The number of aliphatic hydroxyl groups is 4. The van der Waals surface area contributed by atoms with Crippen LogP contribution in [0.1, 0.15) is 125 Å². The Balaban J connectivity index is 1.45. The first-order chi connectivity index (χ1) is 33.5. The number of sulfone groups is 1. The highest BCUT2D eigenvalue weighted by molar-refractivity contribution is 7.90. The second-order valence-corrected chi connectivity index (χ2v) is 23.6. The van der Waals surface area contributed by atoms with Crippen LogP contribution in [0.2, 0.25) is 0 Å². The van der Waals surface area contributed by atoms with Gasteiger partial charge in [0.05, 0.1) is 58.2 Å². The molecule has 19 nitrogen and oxygen atoms in total. The number of hydrogen-bond donors (Lipinski definition) is 4. The molecule has 3 saturated heterocycles. The normalized spacial score (nSPS) is 38.8. The number of halogens is 1. The number of hydrogen-bond acceptors (Lipinski definition) is 18. The van der Waals surface area contributed by atoms with Gasteiger partial charge in [0.2, 0.25) is 0 Å². The van der Waals surface area contributed by atoms with E-state index >= 15 is 0 Å². The number of benzene rings is 1. The number of Topliss-reactive ketones (excluding diaryl/α,β-unsaturated/α-hetero) is 1. The summed E-state index contributed by atoms with van der Waals surface area (Å²) in [5.74, 6) is -4.73. The van der Waals surface area contributed by atoms with E-state index in [1.165, 1.54) is 49.9 Å². The predicted octanol–water partition coefficient (Wildman–Crippen LogP) is 4.32. The van der Waals surface area contributed by atoms with Gasteiger partial charge in [0.25, 0.3) is 0 Å². The van der Waals surface area contributed by atoms with Gasteiger partial charge < -0.3 is 58.5 Å². The highest BCUT2D eigenvalue weighted by Gasteiger charge is 2.53. The zero-order valence-electron chi connectivity index (χ0n) is 44.6. The zero-order valence-corrected chi connectivity index (χ0v) is 45.5. The van der Waals surface area contributed by atoms with Crippen molar-refractivity contribution in [2.24, 2.45) is 23.7 Å². The fraction of sp³-hybridized carbons (Fsp3) is 0.804. The van der Waals surface area contributed by atoms with Crippen molar-refractivity contribution in [1.82, 2.24) is 19.9 Å². The quantitative estimate of drug-likeness (QED) is 0.171. The number of cyclic esters (lactones) is 1. The molecular weight excluding hydrogens is 960 g/mol. The molecule has 0 saturated carbocycles. The largest absolute Gasteiger partial charge is 0.459 e. The maximum Gasteiger partial charge on any atom is 0.311 e. The van der Waals surface area contributed by atoms with Crippen molar-refractivity contribution >= 4 is 21.6 Å². The smallest absolute Gasteiger partial charge is 0.311 e. The molecule has 0 aliphatic carbocycles. The summed E-state index contributed by atoms with van der Waals surface area (Å²) in [5, 5.41) is 55.1. The first-order valence-electron chi connectivity index (χ1n) is 25.2. The number of carbonyl (C=O) groups is 2. The Morgan fingerprint density at radius 1 is 0.944 bits per heavy atom. The Morgan fingerprint density at radius 3 is 2.18 bits per heavy atom. The van der Waals surface area contributed by atoms with Crippen molar-refractivity contribution in [3.63, 3.8) is 0 Å². The van der Waals surface area contributed by atoms with Crippen molar-refractivity contribution < 1.29 is 76.0 Å². The van der Waals surface area contributed by atoms with Crippen molar-refractivity contribution in [2.45, 2.75) is 203 Å². The maximum atomic E-state index is 14.5. The molecule has 21 heteroatoms. The molecule has 3 fully saturated rings. The summed E-state index contributed by atoms with van der Waals surface area (Å²) in [5.41, 5.74) is -3.16. The highest BCUT2D eigenvalue weighted by Crippen LogP contribution is 2.42. The minimum Gasteiger partial charge on any atom is -0.459 e. The summed E-state index contributed by atoms with van der Waals surface area (Å²) in [4.78, 5) is 30.7. The zero-order chi connectivity index (χ0) is 53.8. The lowest BCUT2D eigenvalue weighted by molar-refractivity contribution is -0.312. The fourth-order valence-electron chi connectivity index (χ4n) is 11.0. The second kappa shape index (κ2) is 24.3. The van der Waals surface area contributed by atoms with E-state index in [0.717, 1.165) is 6.26 Å². The molecule has 4 N–H and O–H groups in total. The molecule has 4 heterocycles. The van der Waals surface area contributed by atoms with E-state index in [-0.39, 0.29) is 29.6 Å². The number of alkyl halides is 1. The number of nitrogens with zero attached hydrogens (tertiary/aromatic N) is 4. The van der Waals surface area contributed by atoms with Gasteiger partial charge in [-0.1, -0.05) is 45.0 Å². The van der Waals surface area contributed by atoms with Crippen LogP contribution < -0.4 is 0 Å². The Kier molecular flexibility index (Phi) is 20.2. The number of carbonyl (C=O) groups excluding carboxylic acids is 2. The van der Waals surface area contributed by atoms with E-state index in [2.05, 4.69) is 10.3 Å². The van der Waals surface area contributed by atoms with E-state index in [0.29, 0.717) is 43.5 Å². The standard InChI is InChI=1S/C51H83FN4O15S/c1-15-39-51(10,62)45(60)31(5)41(57)28(2)23-50(9,66-13)46(32(6)44(33(7)47(61)69-39)70-40-25-49(8,65-12)24-30(4)67-40)71-48-43(59)37(22-29(3)68-48)55(11)21-20-35-27-56(54-53-35)38(26-52)42(58)34-16-18-36(19-17-34)72(14,63)64/h16-19,27-33,37-40,42-46,48,58-60,62H,15,20-26H2,1-14H3/t28-,29-,30+,31+,32+,33-,37+,38-,39-,40+,42-,43-,44+,45-,46-,48+,49+,50-,51-/m1/s1. The van der Waals surface area contributed by atoms with Crippen LogP contribution >= 0.6 is 0 Å². The highest BCUT2D eigenvalue weighted by atomic mass is 32.2. The van der Waals surface area contributed by atoms with Gasteiger partial charge in [-0.2, -0.15) is 0 Å². The Hall–Kier alpha value is -3.06. The lowest BCUT2D eigenvalue weighted by Crippen LogP contribution is -2.61. The molecule has 1 aromatic carbocycles. The minimum absolute atomic E-state index is 0.0517. The van der Waals surface area contributed by atoms with Gasteiger partial charge in [-0.25, -0.2) is 17.5 Å². The molecule has 72 heavy (non-hydrogen) atoms. The van der Waals surface area contributed by atoms with Crippen LogP contribution in [-0.2, 0) is 59.0 Å². The third kappa shape index (κ3) is 13.7. The lowest BCUT2D eigenvalue weighted by atomic mass is 9.74. The molecule has 3 aliphatic heterocycles. The van der Waals surface area contributed by atoms with Gasteiger partial charge in [0.1, 0.15) is 42.4 Å². The molecule has 0 bridgehead atoms. The van der Waals surface area contributed by atoms with Crippen LogP contribution in [0.25, 0.3) is 0 Å². The topological polar surface area (TPSA) is 248 Å². The average Bonchev–Trinajstić information content (AvgIpc) is 3.80. The first kappa shape index (κ1) is 59.8. The average molecular weight is 1040 g/mol. The molecule has 1 aromatic heterocycles. The number of ether oxygens (including phenoxy) is 7. The number of aliphatic hydroxyl groups excluding tert-OH is 3. The molecule has 0 amide bonds. The molecule has 0 radical (unpaired) electrons. The summed E-state index contributed by atoms with van der Waals surface area (Å²) in [6.07, 6.45) is -5.87. The molecule has 2 aromatic rings. The summed E-state index contributed by atoms with van der Waals surface area (Å²) >= 11 is 0. The second-order valence-electron chi connectivity index (χ2n) is 21.6. The predicted molar refractivity (Wildman–Crippen MR) is 262 cm³/mol. The van der Waals surface area contributed by atoms with Gasteiger partial charge in [-0.3, -0.25) is 9.59 Å². The van der Waals surface area contributed by atoms with Gasteiger partial charge in [-0.15, -0.1) is 5.10 Å². The summed E-state index contributed by atoms with van der Waals surface area (Å²) < 4.78 is 84.6. The number of methoxy groups -OCH3 is 2. The third-order valence-electron chi connectivity index (χ3n) is 15.7. The van der Waals surface area contributed by atoms with Gasteiger partial charge in [0.15, 0.2) is 22.4 Å². The lowest BCUT2D eigenvalue weighted by Gasteiger charge is -2.49. The minimum atomic E-state index is -3.47. The summed E-state index contributed by atoms with van der Waals surface area (Å²) in [6, 6.07) is 3.91. The third-order valence-corrected chi connectivity index (χ3v) is 16.8. The number of ketones is 1. The Labute approximate surface area is 425 Å². The number of esters is 1. The van der Waals surface area contributed by atoms with E-state index in [9.17, 15) is 42.8 Å². The van der Waals surface area contributed by atoms with Gasteiger partial charge in [0, 0.05) is 76.3 Å². The molecule has 0 spiro atoms. The van der Waals surface area contributed by atoms with E-state index in [1.807, 2.05) is 39.6 Å². The van der Waals surface area contributed by atoms with Crippen LogP contribution in [0.15, 0.2) is 35.4 Å². The van der Waals surface area contributed by atoms with Crippen molar-refractivity contribution in [3.05, 3.63) is 41.7 Å². The fourth-order valence-corrected chi connectivity index (χ4v) is 11.7. The van der Waals surface area contributed by atoms with Crippen LogP contribution in [0.4, 0.5) is 4.39 Å². The molecule has 19 atom stereocenters. The van der Waals surface area contributed by atoms with E-state index in [4.69, 9.17) is 33.2 Å². The van der Waals surface area contributed by atoms with Gasteiger partial charge >= 0.3 is 5.97 Å². The Bertz CT molecular complexity index is 2200. The van der Waals surface area contributed by atoms with Crippen molar-refractivity contribution in [2.75, 3.05) is 40.7 Å². The number of rotatable bonds is 16. The summed E-state index contributed by atoms with van der Waals surface area (Å²) in [6.45, 7) is 16.7. The summed E-state index contributed by atoms with van der Waals surface area (Å²) in [7, 11) is 1.48. The SMILES string of the molecule is CC[C@H]1OC(=O)[C@H](C)[C@@H](O[C@H]2C[C@@](C)(OC)C[C@H](C)O2)[C@H](C)[C@@H](O[C@@H]2O[C@H](C)C[C@H](N(C)CCc3cn([C@H](CF)[C@H](O)c4ccc(S(C)(=O)=O)cc4)nn3)[C@H]2O)[C@](C)(OC)C[C@@H](C)C(=O)[C@H](C)[C@@H](O)[C@]1(C)O. The number of likely N-dealkylation sites (N-methyl/N-ethyl adjacent to an activating group) is 1. The molecule has 0 unspecified atom stereocenters. The first-order valence-corrected chi connectivity index (χ1v) is 27.1. The molecular formula is C51H83FN4O15S. The molecule has 5 rings (SSSR count). The van der Waals surface area contributed by atoms with Crippen LogP contribution in [-0.4, -0.2) is 179 Å². The van der Waals surface area contributed by atoms with Gasteiger partial charge in [-0.05, 0) is 85.5 Å². The van der Waals surface area contributed by atoms with Crippen molar-refractivity contribution in [1.29, 1.82) is 0 Å². The van der Waals surface area contributed by atoms with E-state index < -0.39 is 130 Å². The van der Waals surface area contributed by atoms with E-state index in [1.54, 1.807) is 41.0 Å². The molecule has 410 valence electrons. The number of aromatic nitrogens is 3. The maximum absolute atomic E-state index is 14.5. The van der Waals surface area contributed by atoms with Crippen LogP contribution in [0.3, 0.4) is 0 Å². The van der Waals surface area contributed by atoms with Crippen LogP contribution in [0.5, 0.6) is 0 Å². The van der Waals surface area contributed by atoms with Crippen LogP contribution in [0, 0.1) is 23.7 Å².